The van der Waals surface area contributed by atoms with Crippen LogP contribution in [-0.4, -0.2) is 61.2 Å². The van der Waals surface area contributed by atoms with E-state index in [1.54, 1.807) is 29.2 Å². The molecule has 1 N–H and O–H groups in total. The molecule has 8 heteroatoms. The van der Waals surface area contributed by atoms with Crippen LogP contribution in [0.3, 0.4) is 0 Å². The van der Waals surface area contributed by atoms with E-state index in [0.717, 1.165) is 18.4 Å². The maximum absolute atomic E-state index is 13.1. The Balaban J connectivity index is 1.61. The summed E-state index contributed by atoms with van der Waals surface area (Å²) in [7, 11) is -3.54. The van der Waals surface area contributed by atoms with Crippen molar-refractivity contribution in [3.05, 3.63) is 29.8 Å². The standard InChI is InChI=1S/C22H33N3O4S/c1-4-17(3)23-21(26)20-6-5-13-25(20)22(27)18-11-14-24(15-12-18)30(28,29)19-9-7-16(2)8-10-19/h7-10,17-18,20H,4-6,11-15H2,1-3H3,(H,23,26)/t17-,20-/m0/s1. The predicted molar refractivity (Wildman–Crippen MR) is 115 cm³/mol. The fourth-order valence-electron chi connectivity index (χ4n) is 4.18. The molecular formula is C22H33N3O4S. The fraction of sp³-hybridized carbons (Fsp3) is 0.636. The highest BCUT2D eigenvalue weighted by molar-refractivity contribution is 7.89. The monoisotopic (exact) mass is 435 g/mol. The van der Waals surface area contributed by atoms with Gasteiger partial charge in [-0.3, -0.25) is 9.59 Å². The van der Waals surface area contributed by atoms with E-state index < -0.39 is 16.1 Å². The van der Waals surface area contributed by atoms with E-state index in [2.05, 4.69) is 5.32 Å². The van der Waals surface area contributed by atoms with E-state index in [-0.39, 0.29) is 23.8 Å². The normalized spacial score (nSPS) is 22.1. The Hall–Kier alpha value is -1.93. The summed E-state index contributed by atoms with van der Waals surface area (Å²) in [6.45, 7) is 7.14. The van der Waals surface area contributed by atoms with Crippen molar-refractivity contribution in [2.75, 3.05) is 19.6 Å². The molecule has 30 heavy (non-hydrogen) atoms. The first-order valence-corrected chi connectivity index (χ1v) is 12.4. The lowest BCUT2D eigenvalue weighted by atomic mass is 9.96. The van der Waals surface area contributed by atoms with Gasteiger partial charge < -0.3 is 10.2 Å². The first-order valence-electron chi connectivity index (χ1n) is 10.9. The van der Waals surface area contributed by atoms with Crippen molar-refractivity contribution >= 4 is 21.8 Å². The smallest absolute Gasteiger partial charge is 0.243 e. The number of likely N-dealkylation sites (tertiary alicyclic amines) is 1. The van der Waals surface area contributed by atoms with E-state index in [0.29, 0.717) is 43.8 Å². The lowest BCUT2D eigenvalue weighted by Crippen LogP contribution is -2.51. The zero-order valence-corrected chi connectivity index (χ0v) is 19.0. The number of amides is 2. The second-order valence-electron chi connectivity index (χ2n) is 8.50. The summed E-state index contributed by atoms with van der Waals surface area (Å²) >= 11 is 0. The summed E-state index contributed by atoms with van der Waals surface area (Å²) in [5.41, 5.74) is 1.01. The number of hydrogen-bond acceptors (Lipinski definition) is 4. The van der Waals surface area contributed by atoms with E-state index >= 15 is 0 Å². The zero-order valence-electron chi connectivity index (χ0n) is 18.1. The van der Waals surface area contributed by atoms with E-state index in [1.807, 2.05) is 20.8 Å². The molecule has 0 aromatic heterocycles. The minimum atomic E-state index is -3.54. The number of aryl methyl sites for hydroxylation is 1. The molecule has 3 rings (SSSR count). The molecule has 2 amide bonds. The average Bonchev–Trinajstić information content (AvgIpc) is 3.23. The maximum Gasteiger partial charge on any atom is 0.243 e. The van der Waals surface area contributed by atoms with Crippen LogP contribution in [0.4, 0.5) is 0 Å². The molecule has 1 aromatic rings. The van der Waals surface area contributed by atoms with Gasteiger partial charge in [-0.2, -0.15) is 4.31 Å². The lowest BCUT2D eigenvalue weighted by Gasteiger charge is -2.34. The molecule has 1 aromatic carbocycles. The second kappa shape index (κ2) is 9.47. The molecule has 2 fully saturated rings. The van der Waals surface area contributed by atoms with Gasteiger partial charge in [-0.25, -0.2) is 8.42 Å². The van der Waals surface area contributed by atoms with Gasteiger partial charge in [0.15, 0.2) is 0 Å². The number of nitrogens with one attached hydrogen (secondary N) is 1. The van der Waals surface area contributed by atoms with Gasteiger partial charge in [-0.05, 0) is 58.1 Å². The van der Waals surface area contributed by atoms with Gasteiger partial charge in [-0.15, -0.1) is 0 Å². The fourth-order valence-corrected chi connectivity index (χ4v) is 5.65. The predicted octanol–water partition coefficient (Wildman–Crippen LogP) is 2.30. The van der Waals surface area contributed by atoms with E-state index in [9.17, 15) is 18.0 Å². The average molecular weight is 436 g/mol. The number of benzene rings is 1. The Morgan fingerprint density at radius 3 is 2.33 bits per heavy atom. The van der Waals surface area contributed by atoms with Crippen LogP contribution in [0.2, 0.25) is 0 Å². The number of rotatable bonds is 6. The first-order chi connectivity index (χ1) is 14.2. The molecule has 0 saturated carbocycles. The highest BCUT2D eigenvalue weighted by Gasteiger charge is 2.39. The number of carbonyl (C=O) groups is 2. The Morgan fingerprint density at radius 2 is 1.73 bits per heavy atom. The van der Waals surface area contributed by atoms with Crippen molar-refractivity contribution < 1.29 is 18.0 Å². The SMILES string of the molecule is CC[C@H](C)NC(=O)[C@@H]1CCCN1C(=O)C1CCN(S(=O)(=O)c2ccc(C)cc2)CC1. The van der Waals surface area contributed by atoms with Gasteiger partial charge in [0.1, 0.15) is 6.04 Å². The third-order valence-corrected chi connectivity index (χ3v) is 8.21. The summed E-state index contributed by atoms with van der Waals surface area (Å²) in [6, 6.07) is 6.53. The minimum Gasteiger partial charge on any atom is -0.352 e. The van der Waals surface area contributed by atoms with Gasteiger partial charge in [0, 0.05) is 31.6 Å². The van der Waals surface area contributed by atoms with Crippen LogP contribution in [0.15, 0.2) is 29.2 Å². The molecule has 0 spiro atoms. The molecule has 7 nitrogen and oxygen atoms in total. The summed E-state index contributed by atoms with van der Waals surface area (Å²) in [4.78, 5) is 27.7. The minimum absolute atomic E-state index is 0.0100. The third kappa shape index (κ3) is 4.86. The van der Waals surface area contributed by atoms with Crippen molar-refractivity contribution in [3.63, 3.8) is 0 Å². The maximum atomic E-state index is 13.1. The van der Waals surface area contributed by atoms with Crippen LogP contribution in [0.1, 0.15) is 51.5 Å². The molecule has 2 heterocycles. The Bertz CT molecular complexity index is 861. The third-order valence-electron chi connectivity index (χ3n) is 6.30. The van der Waals surface area contributed by atoms with Gasteiger partial charge in [0.25, 0.3) is 0 Å². The van der Waals surface area contributed by atoms with Crippen molar-refractivity contribution in [1.82, 2.24) is 14.5 Å². The zero-order chi connectivity index (χ0) is 21.9. The summed E-state index contributed by atoms with van der Waals surface area (Å²) in [5.74, 6) is -0.315. The van der Waals surface area contributed by atoms with Crippen LogP contribution in [0, 0.1) is 12.8 Å². The summed E-state index contributed by atoms with van der Waals surface area (Å²) < 4.78 is 27.2. The van der Waals surface area contributed by atoms with Crippen LogP contribution in [0.5, 0.6) is 0 Å². The molecule has 2 atom stereocenters. The molecule has 0 unspecified atom stereocenters. The number of sulfonamides is 1. The van der Waals surface area contributed by atoms with Gasteiger partial charge in [0.2, 0.25) is 21.8 Å². The van der Waals surface area contributed by atoms with Crippen LogP contribution >= 0.6 is 0 Å². The number of carbonyl (C=O) groups excluding carboxylic acids is 2. The van der Waals surface area contributed by atoms with Crippen LogP contribution in [0.25, 0.3) is 0 Å². The van der Waals surface area contributed by atoms with Crippen molar-refractivity contribution in [2.24, 2.45) is 5.92 Å². The second-order valence-corrected chi connectivity index (χ2v) is 10.4. The summed E-state index contributed by atoms with van der Waals surface area (Å²) in [5, 5.41) is 2.99. The molecule has 2 saturated heterocycles. The molecular weight excluding hydrogens is 402 g/mol. The topological polar surface area (TPSA) is 86.8 Å². The quantitative estimate of drug-likeness (QED) is 0.743. The Labute approximate surface area is 179 Å². The van der Waals surface area contributed by atoms with Crippen molar-refractivity contribution in [3.8, 4) is 0 Å². The van der Waals surface area contributed by atoms with Gasteiger partial charge in [0.05, 0.1) is 4.90 Å². The molecule has 2 aliphatic rings. The highest BCUT2D eigenvalue weighted by Crippen LogP contribution is 2.28. The molecule has 0 radical (unpaired) electrons. The van der Waals surface area contributed by atoms with Gasteiger partial charge >= 0.3 is 0 Å². The van der Waals surface area contributed by atoms with Gasteiger partial charge in [-0.1, -0.05) is 24.6 Å². The highest BCUT2D eigenvalue weighted by atomic mass is 32.2. The number of hydrogen-bond donors (Lipinski definition) is 1. The Morgan fingerprint density at radius 1 is 1.10 bits per heavy atom. The number of piperidine rings is 1. The molecule has 2 aliphatic heterocycles. The molecule has 0 aliphatic carbocycles. The van der Waals surface area contributed by atoms with Crippen LogP contribution < -0.4 is 5.32 Å². The van der Waals surface area contributed by atoms with Crippen molar-refractivity contribution in [1.29, 1.82) is 0 Å². The van der Waals surface area contributed by atoms with Crippen molar-refractivity contribution in [2.45, 2.75) is 69.9 Å². The number of nitrogens with zero attached hydrogens (tertiary/aromatic N) is 2. The molecule has 0 bridgehead atoms. The molecule has 166 valence electrons. The summed E-state index contributed by atoms with van der Waals surface area (Å²) in [6.07, 6.45) is 3.33. The van der Waals surface area contributed by atoms with E-state index in [4.69, 9.17) is 0 Å². The largest absolute Gasteiger partial charge is 0.352 e. The van der Waals surface area contributed by atoms with Crippen LogP contribution in [-0.2, 0) is 19.6 Å². The van der Waals surface area contributed by atoms with E-state index in [1.165, 1.54) is 4.31 Å². The Kier molecular flexibility index (Phi) is 7.18. The first kappa shape index (κ1) is 22.7. The lowest BCUT2D eigenvalue weighted by molar-refractivity contribution is -0.142.